The molecular weight excluding hydrogens is 309 g/mol. The molecule has 1 N–H and O–H groups in total. The molecule has 0 saturated carbocycles. The second-order valence-corrected chi connectivity index (χ2v) is 4.81. The first-order valence-corrected chi connectivity index (χ1v) is 6.06. The van der Waals surface area contributed by atoms with Gasteiger partial charge in [0.15, 0.2) is 5.69 Å². The van der Waals surface area contributed by atoms with Gasteiger partial charge in [0, 0.05) is 30.6 Å². The fourth-order valence-electron chi connectivity index (χ4n) is 2.34. The largest absolute Gasteiger partial charge is 0.435 e. The minimum Gasteiger partial charge on any atom is -0.385 e. The predicted molar refractivity (Wildman–Crippen MR) is 56.1 cm³/mol. The molecule has 0 fully saturated rings. The second-order valence-electron chi connectivity index (χ2n) is 4.81. The molecule has 120 valence electrons. The Balaban J connectivity index is 2.26. The molecule has 0 spiro atoms. The number of hydrogen-bond acceptors (Lipinski definition) is 2. The number of nitrogens with zero attached hydrogens (tertiary/aromatic N) is 2. The van der Waals surface area contributed by atoms with Gasteiger partial charge in [-0.3, -0.25) is 4.68 Å². The van der Waals surface area contributed by atoms with Crippen LogP contribution in [0.5, 0.6) is 0 Å². The van der Waals surface area contributed by atoms with E-state index in [1.54, 1.807) is 0 Å². The normalized spacial score (nSPS) is 22.7. The Labute approximate surface area is 114 Å². The zero-order valence-electron chi connectivity index (χ0n) is 10.5. The molecule has 1 heterocycles. The summed E-state index contributed by atoms with van der Waals surface area (Å²) in [6.07, 6.45) is -15.3. The number of aromatic nitrogens is 2. The van der Waals surface area contributed by atoms with Crippen LogP contribution in [0.2, 0.25) is 0 Å². The monoisotopic (exact) mass is 320 g/mol. The van der Waals surface area contributed by atoms with Crippen LogP contribution in [0.4, 0.5) is 30.7 Å². The summed E-state index contributed by atoms with van der Waals surface area (Å²) in [6.45, 7) is -0.419. The Kier molecular flexibility index (Phi) is 3.94. The number of aliphatic hydroxyl groups is 1. The Hall–Kier alpha value is -1.32. The SMILES string of the molecule is OC1c2c(C(F)(F)F)nn(CCCC(F)(F)F)c2CC1F. The summed E-state index contributed by atoms with van der Waals surface area (Å²) in [5.74, 6) is 0. The molecule has 3 nitrogen and oxygen atoms in total. The Morgan fingerprint density at radius 1 is 1.19 bits per heavy atom. The zero-order valence-corrected chi connectivity index (χ0v) is 10.5. The lowest BCUT2D eigenvalue weighted by Gasteiger charge is -2.10. The van der Waals surface area contributed by atoms with Gasteiger partial charge in [0.25, 0.3) is 0 Å². The number of aryl methyl sites for hydroxylation is 1. The third kappa shape index (κ3) is 3.30. The molecule has 0 saturated heterocycles. The number of halogens is 7. The summed E-state index contributed by atoms with van der Waals surface area (Å²) in [4.78, 5) is 0. The van der Waals surface area contributed by atoms with Gasteiger partial charge in [-0.1, -0.05) is 0 Å². The van der Waals surface area contributed by atoms with Gasteiger partial charge in [-0.05, 0) is 6.42 Å². The van der Waals surface area contributed by atoms with E-state index in [1.165, 1.54) is 0 Å². The Morgan fingerprint density at radius 3 is 2.33 bits per heavy atom. The van der Waals surface area contributed by atoms with Crippen LogP contribution in [0.25, 0.3) is 0 Å². The second kappa shape index (κ2) is 5.15. The molecule has 2 atom stereocenters. The van der Waals surface area contributed by atoms with Crippen molar-refractivity contribution in [2.45, 2.75) is 50.4 Å². The molecule has 0 amide bonds. The van der Waals surface area contributed by atoms with Gasteiger partial charge in [0.05, 0.1) is 0 Å². The number of aliphatic hydroxyl groups excluding tert-OH is 1. The van der Waals surface area contributed by atoms with E-state index >= 15 is 0 Å². The van der Waals surface area contributed by atoms with Crippen molar-refractivity contribution in [3.05, 3.63) is 17.0 Å². The minimum absolute atomic E-state index is 0.190. The van der Waals surface area contributed by atoms with E-state index in [2.05, 4.69) is 5.10 Å². The van der Waals surface area contributed by atoms with Crippen LogP contribution >= 0.6 is 0 Å². The van der Waals surface area contributed by atoms with Crippen molar-refractivity contribution in [1.82, 2.24) is 9.78 Å². The van der Waals surface area contributed by atoms with Gasteiger partial charge in [-0.15, -0.1) is 0 Å². The smallest absolute Gasteiger partial charge is 0.385 e. The Bertz CT molecular complexity index is 520. The molecule has 0 aromatic carbocycles. The van der Waals surface area contributed by atoms with Crippen molar-refractivity contribution in [3.63, 3.8) is 0 Å². The summed E-state index contributed by atoms with van der Waals surface area (Å²) >= 11 is 0. The van der Waals surface area contributed by atoms with Gasteiger partial charge in [0.1, 0.15) is 12.3 Å². The number of alkyl halides is 7. The lowest BCUT2D eigenvalue weighted by Crippen LogP contribution is -2.16. The Morgan fingerprint density at radius 2 is 1.81 bits per heavy atom. The topological polar surface area (TPSA) is 38.1 Å². The van der Waals surface area contributed by atoms with Gasteiger partial charge < -0.3 is 5.11 Å². The highest BCUT2D eigenvalue weighted by molar-refractivity contribution is 5.36. The molecule has 0 aliphatic heterocycles. The number of rotatable bonds is 3. The maximum atomic E-state index is 13.4. The molecular formula is C11H11F7N2O. The van der Waals surface area contributed by atoms with E-state index in [1.807, 2.05) is 0 Å². The molecule has 0 bridgehead atoms. The van der Waals surface area contributed by atoms with E-state index in [0.29, 0.717) is 4.68 Å². The van der Waals surface area contributed by atoms with E-state index in [9.17, 15) is 35.8 Å². The molecule has 21 heavy (non-hydrogen) atoms. The van der Waals surface area contributed by atoms with Crippen LogP contribution < -0.4 is 0 Å². The number of fused-ring (bicyclic) bond motifs is 1. The lowest BCUT2D eigenvalue weighted by molar-refractivity contribution is -0.143. The van der Waals surface area contributed by atoms with E-state index in [0.717, 1.165) is 0 Å². The van der Waals surface area contributed by atoms with Crippen molar-refractivity contribution < 1.29 is 35.8 Å². The highest BCUT2D eigenvalue weighted by Crippen LogP contribution is 2.42. The fraction of sp³-hybridized carbons (Fsp3) is 0.727. The highest BCUT2D eigenvalue weighted by Gasteiger charge is 2.46. The summed E-state index contributed by atoms with van der Waals surface area (Å²) in [7, 11) is 0. The fourth-order valence-corrected chi connectivity index (χ4v) is 2.34. The van der Waals surface area contributed by atoms with Crippen molar-refractivity contribution in [1.29, 1.82) is 0 Å². The molecule has 1 aromatic heterocycles. The molecule has 1 aliphatic carbocycles. The summed E-state index contributed by atoms with van der Waals surface area (Å²) < 4.78 is 88.5. The first kappa shape index (κ1) is 16.1. The van der Waals surface area contributed by atoms with Crippen molar-refractivity contribution in [2.75, 3.05) is 0 Å². The van der Waals surface area contributed by atoms with Crippen LogP contribution in [-0.2, 0) is 19.1 Å². The first-order valence-electron chi connectivity index (χ1n) is 6.06. The maximum Gasteiger partial charge on any atom is 0.435 e. The van der Waals surface area contributed by atoms with Crippen molar-refractivity contribution >= 4 is 0 Å². The van der Waals surface area contributed by atoms with E-state index < -0.39 is 61.7 Å². The average Bonchev–Trinajstić information content (AvgIpc) is 2.77. The van der Waals surface area contributed by atoms with Crippen LogP contribution in [-0.4, -0.2) is 27.2 Å². The van der Waals surface area contributed by atoms with Gasteiger partial charge in [-0.2, -0.15) is 31.4 Å². The third-order valence-electron chi connectivity index (χ3n) is 3.22. The molecule has 1 aliphatic rings. The quantitative estimate of drug-likeness (QED) is 0.869. The van der Waals surface area contributed by atoms with Crippen LogP contribution in [0.15, 0.2) is 0 Å². The third-order valence-corrected chi connectivity index (χ3v) is 3.22. The van der Waals surface area contributed by atoms with E-state index in [-0.39, 0.29) is 5.69 Å². The summed E-state index contributed by atoms with van der Waals surface area (Å²) in [6, 6.07) is 0. The van der Waals surface area contributed by atoms with Gasteiger partial charge in [-0.25, -0.2) is 4.39 Å². The molecule has 2 unspecified atom stereocenters. The lowest BCUT2D eigenvalue weighted by atomic mass is 10.1. The molecule has 0 radical (unpaired) electrons. The standard InChI is InChI=1S/C11H11F7N2O/c12-5-4-6-7(8(5)21)9(11(16,17)18)19-20(6)3-1-2-10(13,14)15/h5,8,21H,1-4H2. The molecule has 2 rings (SSSR count). The van der Waals surface area contributed by atoms with Crippen LogP contribution in [0.3, 0.4) is 0 Å². The zero-order chi connectivity index (χ0) is 16.0. The molecule has 1 aromatic rings. The van der Waals surface area contributed by atoms with Crippen LogP contribution in [0.1, 0.15) is 35.9 Å². The molecule has 10 heteroatoms. The van der Waals surface area contributed by atoms with Crippen molar-refractivity contribution in [3.8, 4) is 0 Å². The van der Waals surface area contributed by atoms with Gasteiger partial charge in [0.2, 0.25) is 0 Å². The predicted octanol–water partition coefficient (Wildman–Crippen LogP) is 3.17. The highest BCUT2D eigenvalue weighted by atomic mass is 19.4. The average molecular weight is 320 g/mol. The maximum absolute atomic E-state index is 13.4. The van der Waals surface area contributed by atoms with Crippen molar-refractivity contribution in [2.24, 2.45) is 0 Å². The summed E-state index contributed by atoms with van der Waals surface area (Å²) in [5.41, 5.74) is -2.29. The minimum atomic E-state index is -4.90. The van der Waals surface area contributed by atoms with Gasteiger partial charge >= 0.3 is 12.4 Å². The summed E-state index contributed by atoms with van der Waals surface area (Å²) in [5, 5.41) is 12.7. The number of hydrogen-bond donors (Lipinski definition) is 1. The van der Waals surface area contributed by atoms with E-state index in [4.69, 9.17) is 0 Å². The first-order chi connectivity index (χ1) is 9.50. The van der Waals surface area contributed by atoms with Crippen LogP contribution in [0, 0.1) is 0 Å².